The number of piperazine rings is 1. The van der Waals surface area contributed by atoms with E-state index in [1.165, 1.54) is 5.56 Å². The predicted octanol–water partition coefficient (Wildman–Crippen LogP) is 2.01. The van der Waals surface area contributed by atoms with E-state index in [9.17, 15) is 4.79 Å². The average Bonchev–Trinajstić information content (AvgIpc) is 3.06. The van der Waals surface area contributed by atoms with E-state index in [4.69, 9.17) is 0 Å². The van der Waals surface area contributed by atoms with Crippen molar-refractivity contribution in [1.29, 1.82) is 0 Å². The molecule has 0 atom stereocenters. The van der Waals surface area contributed by atoms with Crippen LogP contribution in [0.4, 0.5) is 5.69 Å². The number of carbonyl (C=O) groups excluding carboxylic acids is 1. The first-order valence-corrected chi connectivity index (χ1v) is 9.45. The lowest BCUT2D eigenvalue weighted by molar-refractivity contribution is -0.117. The van der Waals surface area contributed by atoms with Crippen molar-refractivity contribution in [1.82, 2.24) is 19.4 Å². The Hall–Kier alpha value is -2.18. The van der Waals surface area contributed by atoms with Gasteiger partial charge in [0.2, 0.25) is 5.91 Å². The first-order valence-electron chi connectivity index (χ1n) is 9.45. The molecule has 1 amide bonds. The fraction of sp³-hybridized carbons (Fsp3) is 0.500. The summed E-state index contributed by atoms with van der Waals surface area (Å²) >= 11 is 0. The van der Waals surface area contributed by atoms with Gasteiger partial charge in [0.15, 0.2) is 0 Å². The number of aromatic nitrogens is 2. The lowest BCUT2D eigenvalue weighted by Crippen LogP contribution is -2.49. The van der Waals surface area contributed by atoms with Gasteiger partial charge in [-0.1, -0.05) is 19.1 Å². The van der Waals surface area contributed by atoms with Gasteiger partial charge in [-0.3, -0.25) is 14.6 Å². The van der Waals surface area contributed by atoms with Crippen LogP contribution < -0.4 is 5.32 Å². The fourth-order valence-corrected chi connectivity index (χ4v) is 3.29. The van der Waals surface area contributed by atoms with Crippen molar-refractivity contribution in [2.75, 3.05) is 44.6 Å². The van der Waals surface area contributed by atoms with Crippen LogP contribution in [0.5, 0.6) is 0 Å². The highest BCUT2D eigenvalue weighted by Gasteiger charge is 2.18. The Balaban J connectivity index is 1.37. The van der Waals surface area contributed by atoms with Crippen molar-refractivity contribution in [2.24, 2.45) is 0 Å². The molecular formula is C20H29N5O. The van der Waals surface area contributed by atoms with Gasteiger partial charge in [0.05, 0.1) is 6.54 Å². The van der Waals surface area contributed by atoms with Gasteiger partial charge in [0, 0.05) is 57.3 Å². The molecule has 2 aromatic rings. The minimum absolute atomic E-state index is 0.0664. The van der Waals surface area contributed by atoms with Gasteiger partial charge in [-0.15, -0.1) is 0 Å². The normalized spacial score (nSPS) is 15.9. The highest BCUT2D eigenvalue weighted by Crippen LogP contribution is 2.10. The Kier molecular flexibility index (Phi) is 6.41. The number of aryl methyl sites for hydroxylation is 2. The largest absolute Gasteiger partial charge is 0.334 e. The molecule has 0 radical (unpaired) electrons. The zero-order chi connectivity index (χ0) is 18.4. The molecule has 1 aliphatic rings. The smallest absolute Gasteiger partial charge is 0.238 e. The zero-order valence-electron chi connectivity index (χ0n) is 15.8. The lowest BCUT2D eigenvalue weighted by Gasteiger charge is -2.34. The Labute approximate surface area is 155 Å². The Bertz CT molecular complexity index is 701. The van der Waals surface area contributed by atoms with Crippen molar-refractivity contribution in [3.8, 4) is 0 Å². The minimum Gasteiger partial charge on any atom is -0.334 e. The van der Waals surface area contributed by atoms with Crippen LogP contribution in [0.1, 0.15) is 18.3 Å². The average molecular weight is 355 g/mol. The molecule has 0 spiro atoms. The van der Waals surface area contributed by atoms with Gasteiger partial charge in [-0.25, -0.2) is 4.98 Å². The second-order valence-corrected chi connectivity index (χ2v) is 6.88. The number of imidazole rings is 1. The van der Waals surface area contributed by atoms with E-state index >= 15 is 0 Å². The Morgan fingerprint density at radius 1 is 1.08 bits per heavy atom. The summed E-state index contributed by atoms with van der Waals surface area (Å²) in [5.41, 5.74) is 2.16. The third-order valence-corrected chi connectivity index (χ3v) is 5.06. The maximum absolute atomic E-state index is 12.3. The minimum atomic E-state index is 0.0664. The van der Waals surface area contributed by atoms with Crippen LogP contribution in [0, 0.1) is 6.92 Å². The summed E-state index contributed by atoms with van der Waals surface area (Å²) in [6, 6.07) is 8.09. The van der Waals surface area contributed by atoms with Gasteiger partial charge in [0.1, 0.15) is 5.82 Å². The van der Waals surface area contributed by atoms with Crippen LogP contribution in [0.2, 0.25) is 0 Å². The monoisotopic (exact) mass is 355 g/mol. The van der Waals surface area contributed by atoms with E-state index in [1.54, 1.807) is 0 Å². The van der Waals surface area contributed by atoms with Crippen LogP contribution in [-0.2, 0) is 17.8 Å². The molecule has 0 bridgehead atoms. The quantitative estimate of drug-likeness (QED) is 0.825. The predicted molar refractivity (Wildman–Crippen MR) is 104 cm³/mol. The first-order chi connectivity index (χ1) is 12.6. The molecule has 1 aromatic carbocycles. The fourth-order valence-electron chi connectivity index (χ4n) is 3.29. The van der Waals surface area contributed by atoms with Crippen molar-refractivity contribution in [2.45, 2.75) is 26.8 Å². The van der Waals surface area contributed by atoms with Gasteiger partial charge < -0.3 is 9.88 Å². The molecule has 1 fully saturated rings. The maximum atomic E-state index is 12.3. The third kappa shape index (κ3) is 5.16. The highest BCUT2D eigenvalue weighted by atomic mass is 16.2. The first kappa shape index (κ1) is 18.6. The van der Waals surface area contributed by atoms with E-state index in [-0.39, 0.29) is 5.91 Å². The summed E-state index contributed by atoms with van der Waals surface area (Å²) in [6.07, 6.45) is 4.89. The summed E-state index contributed by atoms with van der Waals surface area (Å²) < 4.78 is 2.18. The van der Waals surface area contributed by atoms with Crippen LogP contribution in [-0.4, -0.2) is 64.5 Å². The summed E-state index contributed by atoms with van der Waals surface area (Å²) in [5, 5.41) is 3.00. The van der Waals surface area contributed by atoms with Crippen LogP contribution in [0.25, 0.3) is 0 Å². The van der Waals surface area contributed by atoms with E-state index in [1.807, 2.05) is 31.5 Å². The van der Waals surface area contributed by atoms with E-state index in [2.05, 4.69) is 43.7 Å². The molecule has 26 heavy (non-hydrogen) atoms. The lowest BCUT2D eigenvalue weighted by atomic mass is 10.1. The molecule has 140 valence electrons. The molecule has 3 rings (SSSR count). The molecule has 1 saturated heterocycles. The molecular weight excluding hydrogens is 326 g/mol. The molecule has 1 N–H and O–H groups in total. The van der Waals surface area contributed by atoms with E-state index in [0.29, 0.717) is 6.54 Å². The van der Waals surface area contributed by atoms with Crippen molar-refractivity contribution >= 4 is 11.6 Å². The number of hydrogen-bond donors (Lipinski definition) is 1. The van der Waals surface area contributed by atoms with Crippen molar-refractivity contribution in [3.05, 3.63) is 48.0 Å². The number of nitrogens with zero attached hydrogens (tertiary/aromatic N) is 4. The van der Waals surface area contributed by atoms with Crippen LogP contribution in [0.15, 0.2) is 36.7 Å². The number of amides is 1. The maximum Gasteiger partial charge on any atom is 0.238 e. The topological polar surface area (TPSA) is 53.4 Å². The number of benzene rings is 1. The summed E-state index contributed by atoms with van der Waals surface area (Å²) in [6.45, 7) is 10.5. The number of carbonyl (C=O) groups is 1. The SMILES string of the molecule is CCc1ccc(NC(=O)CN2CCN(CCn3ccnc3C)CC2)cc1. The number of rotatable bonds is 7. The highest BCUT2D eigenvalue weighted by molar-refractivity contribution is 5.92. The van der Waals surface area contributed by atoms with Crippen molar-refractivity contribution < 1.29 is 4.79 Å². The molecule has 2 heterocycles. The standard InChI is InChI=1S/C20H29N5O/c1-3-18-4-6-19(7-5-18)22-20(26)16-24-12-10-23(11-13-24)14-15-25-9-8-21-17(25)2/h4-9H,3,10-16H2,1-2H3,(H,22,26). The second kappa shape index (κ2) is 8.96. The number of anilines is 1. The van der Waals surface area contributed by atoms with Gasteiger partial charge >= 0.3 is 0 Å². The number of hydrogen-bond acceptors (Lipinski definition) is 4. The summed E-state index contributed by atoms with van der Waals surface area (Å²) in [7, 11) is 0. The van der Waals surface area contributed by atoms with Crippen LogP contribution >= 0.6 is 0 Å². The van der Waals surface area contributed by atoms with Gasteiger partial charge in [-0.05, 0) is 31.0 Å². The Morgan fingerprint density at radius 2 is 1.77 bits per heavy atom. The van der Waals surface area contributed by atoms with Gasteiger partial charge in [-0.2, -0.15) is 0 Å². The Morgan fingerprint density at radius 3 is 2.38 bits per heavy atom. The third-order valence-electron chi connectivity index (χ3n) is 5.06. The summed E-state index contributed by atoms with van der Waals surface area (Å²) in [4.78, 5) is 21.2. The van der Waals surface area contributed by atoms with Crippen LogP contribution in [0.3, 0.4) is 0 Å². The molecule has 0 aliphatic carbocycles. The molecule has 0 saturated carbocycles. The molecule has 6 heteroatoms. The number of nitrogens with one attached hydrogen (secondary N) is 1. The summed E-state index contributed by atoms with van der Waals surface area (Å²) in [5.74, 6) is 1.13. The molecule has 1 aromatic heterocycles. The van der Waals surface area contributed by atoms with E-state index < -0.39 is 0 Å². The molecule has 0 unspecified atom stereocenters. The van der Waals surface area contributed by atoms with Gasteiger partial charge in [0.25, 0.3) is 0 Å². The van der Waals surface area contributed by atoms with E-state index in [0.717, 1.165) is 57.2 Å². The molecule has 6 nitrogen and oxygen atoms in total. The zero-order valence-corrected chi connectivity index (χ0v) is 15.8. The second-order valence-electron chi connectivity index (χ2n) is 6.88. The molecule has 1 aliphatic heterocycles. The van der Waals surface area contributed by atoms with Crippen molar-refractivity contribution in [3.63, 3.8) is 0 Å².